The van der Waals surface area contributed by atoms with Gasteiger partial charge in [0, 0.05) is 74.3 Å². The number of nitrogens with one attached hydrogen (secondary N) is 4. The number of thiocarbonyl (C=S) groups is 3. The van der Waals surface area contributed by atoms with Gasteiger partial charge in [0.05, 0.1) is 63.8 Å². The van der Waals surface area contributed by atoms with E-state index in [0.29, 0.717) is 108 Å². The Morgan fingerprint density at radius 1 is 0.570 bits per heavy atom. The van der Waals surface area contributed by atoms with Crippen LogP contribution >= 0.6 is 49.1 Å². The van der Waals surface area contributed by atoms with E-state index >= 15 is 0 Å². The molecule has 3 saturated heterocycles. The first kappa shape index (κ1) is 87.3. The van der Waals surface area contributed by atoms with Gasteiger partial charge < -0.3 is 40.9 Å². The van der Waals surface area contributed by atoms with Crippen molar-refractivity contribution in [1.82, 2.24) is 45.7 Å². The fourth-order valence-electron chi connectivity index (χ4n) is 12.8. The third-order valence-corrected chi connectivity index (χ3v) is 20.2. The van der Waals surface area contributed by atoms with Crippen molar-refractivity contribution in [2.24, 2.45) is 5.73 Å². The van der Waals surface area contributed by atoms with Crippen molar-refractivity contribution in [2.75, 3.05) is 54.0 Å². The number of H-pyrrole nitrogens is 2. The van der Waals surface area contributed by atoms with E-state index in [9.17, 15) is 52.4 Å². The lowest BCUT2D eigenvalue weighted by atomic mass is 10.0. The van der Waals surface area contributed by atoms with Crippen molar-refractivity contribution < 1.29 is 47.4 Å². The summed E-state index contributed by atoms with van der Waals surface area (Å²) >= 11 is 16.7. The zero-order valence-corrected chi connectivity index (χ0v) is 67.7. The molecule has 114 heavy (non-hydrogen) atoms. The number of aryl methyl sites for hydroxylation is 3. The van der Waals surface area contributed by atoms with Gasteiger partial charge in [-0.15, -0.1) is 12.4 Å². The molecule has 0 bridgehead atoms. The average Bonchev–Trinajstić information content (AvgIpc) is 1.61. The molecule has 3 aliphatic rings. The third-order valence-electron chi connectivity index (χ3n) is 19.0. The number of carboxylic acids is 1. The van der Waals surface area contributed by atoms with Gasteiger partial charge in [-0.2, -0.15) is 15.5 Å². The number of halogens is 3. The maximum absolute atomic E-state index is 14.7. The number of hydrogen-bond acceptors (Lipinski definition) is 16. The molecule has 12 rings (SSSR count). The van der Waals surface area contributed by atoms with Gasteiger partial charge in [-0.3, -0.25) is 43.5 Å². The molecule has 0 radical (unpaired) electrons. The Hall–Kier alpha value is -12.3. The lowest BCUT2D eigenvalue weighted by molar-refractivity contribution is -0.124. The van der Waals surface area contributed by atoms with E-state index in [1.807, 2.05) is 44.7 Å². The molecule has 3 aliphatic heterocycles. The van der Waals surface area contributed by atoms with Crippen molar-refractivity contribution >= 4 is 150 Å². The fraction of sp³-hybridized carbons (Fsp3) is 0.293. The second-order valence-corrected chi connectivity index (χ2v) is 30.1. The number of benzene rings is 7. The predicted octanol–water partition coefficient (Wildman–Crippen LogP) is 12.7. The Morgan fingerprint density at radius 3 is 1.32 bits per heavy atom. The molecule has 26 nitrogen and oxygen atoms in total. The number of alkyl carbamates (subject to hydrolysis) is 1. The zero-order valence-electron chi connectivity index (χ0n) is 64.4. The number of amides is 5. The number of nitrogens with zero attached hydrogens (tertiary/aromatic N) is 11. The first-order valence-electron chi connectivity index (χ1n) is 35.4. The van der Waals surface area contributed by atoms with E-state index in [1.165, 1.54) is 39.0 Å². The fourth-order valence-corrected chi connectivity index (χ4v) is 14.4. The molecular formula is C82H83ClF2N16O10S3. The molecule has 7 N–H and O–H groups in total. The van der Waals surface area contributed by atoms with Gasteiger partial charge in [-0.05, 0) is 226 Å². The van der Waals surface area contributed by atoms with Gasteiger partial charge in [0.25, 0.3) is 34.7 Å². The zero-order chi connectivity index (χ0) is 82.9. The Morgan fingerprint density at radius 2 is 0.947 bits per heavy atom. The van der Waals surface area contributed by atoms with E-state index in [4.69, 9.17) is 65.4 Å². The largest absolute Gasteiger partial charge is 0.478 e. The summed E-state index contributed by atoms with van der Waals surface area (Å²) < 4.78 is 33.4. The Labute approximate surface area is 678 Å². The molecule has 0 spiro atoms. The van der Waals surface area contributed by atoms with Gasteiger partial charge in [0.15, 0.2) is 26.7 Å². The summed E-state index contributed by atoms with van der Waals surface area (Å²) in [6.07, 6.45) is 0.0579. The minimum absolute atomic E-state index is 0. The van der Waals surface area contributed by atoms with Crippen LogP contribution in [0.1, 0.15) is 128 Å². The number of rotatable bonds is 17. The lowest BCUT2D eigenvalue weighted by Gasteiger charge is -2.29. The molecule has 32 heteroatoms. The minimum Gasteiger partial charge on any atom is -0.478 e. The van der Waals surface area contributed by atoms with Gasteiger partial charge in [0.1, 0.15) is 33.9 Å². The predicted molar refractivity (Wildman–Crippen MR) is 446 cm³/mol. The topological polar surface area (TPSA) is 325 Å². The number of nitriles is 1. The summed E-state index contributed by atoms with van der Waals surface area (Å²) in [5, 5.41) is 40.2. The molecule has 0 unspecified atom stereocenters. The van der Waals surface area contributed by atoms with Gasteiger partial charge in [-0.25, -0.2) is 38.3 Å². The number of anilines is 3. The highest BCUT2D eigenvalue weighted by Gasteiger charge is 2.52. The second-order valence-electron chi connectivity index (χ2n) is 29.0. The van der Waals surface area contributed by atoms with Crippen molar-refractivity contribution in [1.29, 1.82) is 5.26 Å². The van der Waals surface area contributed by atoms with Crippen molar-refractivity contribution in [3.05, 3.63) is 251 Å². The Balaban J connectivity index is 0.000000198. The first-order chi connectivity index (χ1) is 53.3. The number of carboxylic acid groups (broad SMARTS) is 1. The Kier molecular flexibility index (Phi) is 27.6. The van der Waals surface area contributed by atoms with Crippen LogP contribution in [0.4, 0.5) is 42.0 Å². The van der Waals surface area contributed by atoms with Gasteiger partial charge in [0.2, 0.25) is 0 Å². The molecule has 5 heterocycles. The maximum Gasteiger partial charge on any atom is 0.407 e. The molecule has 0 saturated carbocycles. The van der Waals surface area contributed by atoms with Crippen molar-refractivity contribution in [3.8, 4) is 6.07 Å². The normalized spacial score (nSPS) is 14.5. The van der Waals surface area contributed by atoms with Crippen LogP contribution in [0.5, 0.6) is 0 Å². The number of aromatic nitrogens is 4. The number of nitrogens with two attached hydrogens (primary N) is 1. The number of aromatic amines is 2. The van der Waals surface area contributed by atoms with Crippen LogP contribution in [0, 0.1) is 56.9 Å². The van der Waals surface area contributed by atoms with E-state index in [0.717, 1.165) is 22.8 Å². The summed E-state index contributed by atoms with van der Waals surface area (Å²) in [7, 11) is 0. The number of carbonyl (C=O) groups excluding carboxylic acids is 5. The van der Waals surface area contributed by atoms with Gasteiger partial charge in [-0.1, -0.05) is 60.7 Å². The van der Waals surface area contributed by atoms with Crippen LogP contribution in [0.15, 0.2) is 149 Å². The van der Waals surface area contributed by atoms with Crippen LogP contribution in [-0.4, -0.2) is 153 Å². The van der Waals surface area contributed by atoms with Crippen LogP contribution in [0.2, 0.25) is 0 Å². The monoisotopic (exact) mass is 1620 g/mol. The van der Waals surface area contributed by atoms with Crippen LogP contribution < -0.4 is 42.2 Å². The Bertz CT molecular complexity index is 5610. The summed E-state index contributed by atoms with van der Waals surface area (Å²) in [5.74, 6) is -3.84. The smallest absolute Gasteiger partial charge is 0.407 e. The molecule has 5 amide bonds. The summed E-state index contributed by atoms with van der Waals surface area (Å²) in [5.41, 5.74) is 9.70. The molecule has 9 aromatic rings. The molecule has 2 aromatic heterocycles. The van der Waals surface area contributed by atoms with E-state index < -0.39 is 51.8 Å². The SMILES string of the molecule is Cc1cc(N2C(=O)C(C)(C)N(CCNC(=O)c3cc(Cc4n[nH]c(=O)c5ccccc45)ccc3F)C2=S)ccc1C#N.Cl.O=C(O)c1cc(Cc2n[nH]c(=O)c3ccccc23)ccc1F.[C-]#[N+]c1ccc(N2C(=O)C(C)(C)N(CCN)C2=S)cc1C.[C-]#[N+]c1ccc(N2C(=O)C(C)(C)N(CCNC(=O)OC(C)(C)C)C2=S)cc1C. The average molecular weight is 1620 g/mol. The number of hydrogen-bond donors (Lipinski definition) is 6. The molecule has 0 atom stereocenters. The molecule has 7 aromatic carbocycles. The highest BCUT2D eigenvalue weighted by molar-refractivity contribution is 7.81. The lowest BCUT2D eigenvalue weighted by Crippen LogP contribution is -2.47. The highest BCUT2D eigenvalue weighted by Crippen LogP contribution is 2.38. The molecule has 3 fully saturated rings. The summed E-state index contributed by atoms with van der Waals surface area (Å²) in [6, 6.07) is 39.9. The van der Waals surface area contributed by atoms with Gasteiger partial charge >= 0.3 is 12.1 Å². The standard InChI is InChI=1S/C31H27FN6O3S.C20H26N4O3S.C16H11FN2O3.C15H18N4OS.ClH/c1-18-14-21(10-9-20(18)17-33)38-29(41)31(2,3)37(30(38)42)13-12-34-27(39)24-15-19(8-11-25(24)32)16-26-22-6-4-5-7-23(22)28(40)36-35-26;1-13-12-14(8-9-15(13)21-7)24-16(25)20(5,6)23(18(24)28)11-10-22-17(26)27-19(2,3)4;17-13-6-5-9(7-12(13)16(21)22)8-14-10-3-1-2-4-11(10)15(20)19-18-14;1-10-9-11(5-6-12(10)17-4)19-13(20)15(2,3)18(8-7-16)14(19)21;/h4-11,14-15H,12-13,16H2,1-3H3,(H,34,39)(H,36,40);8-9,12H,10-11H2,1-6H3,(H,22,26);1-7H,8H2,(H,19,20)(H,21,22);5-6,9H,7-8,16H2,1-3H3;1H. The third kappa shape index (κ3) is 18.9. The highest BCUT2D eigenvalue weighted by atomic mass is 35.5. The molecular weight excluding hydrogens is 1540 g/mol. The number of fused-ring (bicyclic) bond motifs is 2. The first-order valence-corrected chi connectivity index (χ1v) is 36.7. The number of ether oxygens (including phenoxy) is 1. The molecule has 0 aliphatic carbocycles. The van der Waals surface area contributed by atoms with Crippen LogP contribution in [-0.2, 0) is 32.0 Å². The van der Waals surface area contributed by atoms with Crippen LogP contribution in [0.3, 0.4) is 0 Å². The minimum atomic E-state index is -1.32. The maximum atomic E-state index is 14.7. The van der Waals surface area contributed by atoms with Crippen LogP contribution in [0.25, 0.3) is 31.2 Å². The quantitative estimate of drug-likeness (QED) is 0.0364. The van der Waals surface area contributed by atoms with E-state index in [1.54, 1.807) is 162 Å². The number of carbonyl (C=O) groups is 6. The van der Waals surface area contributed by atoms with Crippen molar-refractivity contribution in [2.45, 2.75) is 118 Å². The summed E-state index contributed by atoms with van der Waals surface area (Å²) in [4.78, 5) is 115. The number of aromatic carboxylic acids is 1. The van der Waals surface area contributed by atoms with E-state index in [-0.39, 0.29) is 90.0 Å². The van der Waals surface area contributed by atoms with E-state index in [2.05, 4.69) is 46.8 Å². The summed E-state index contributed by atoms with van der Waals surface area (Å²) in [6.45, 7) is 37.8. The van der Waals surface area contributed by atoms with Crippen molar-refractivity contribution in [3.63, 3.8) is 0 Å². The second kappa shape index (κ2) is 36.0. The molecule has 590 valence electrons.